The number of aliphatic hydroxyl groups excluding tert-OH is 9. The van der Waals surface area contributed by atoms with E-state index in [0.717, 1.165) is 12.5 Å². The van der Waals surface area contributed by atoms with E-state index in [4.69, 9.17) is 37.9 Å². The van der Waals surface area contributed by atoms with Gasteiger partial charge in [0.05, 0.1) is 44.0 Å². The van der Waals surface area contributed by atoms with E-state index >= 15 is 0 Å². The summed E-state index contributed by atoms with van der Waals surface area (Å²) in [6, 6.07) is 0. The second-order valence-corrected chi connectivity index (χ2v) is 13.5. The largest absolute Gasteiger partial charge is 0.472 e. The standard InChI is InChI=1S/C33H48O19/c1-4-13-14(5-6-34)16(10-46-30(13)51-32-26(41)24(39)22(37)19(8-35)49-32)29(44)48-18-7-15-17(28(43)45-3)11-47-31(21(15)12(18)2)52-33-27(42)25(40)23(38)20(9-36)50-33/h4,10-15,18-27,30-42H,1,5-9H2,2-3H3/t12-,13-,14-,15+,18-,19+,20-,21-,22+,23+,24-,25-,26-,27-,30-,31-,32-,33-/m0/s1. The minimum absolute atomic E-state index is 0.00350. The molecule has 18 atom stereocenters. The van der Waals surface area contributed by atoms with Crippen LogP contribution in [0.5, 0.6) is 0 Å². The molecule has 0 aromatic carbocycles. The van der Waals surface area contributed by atoms with Crippen LogP contribution in [-0.4, -0.2) is 165 Å². The van der Waals surface area contributed by atoms with Crippen molar-refractivity contribution < 1.29 is 93.4 Å². The number of ether oxygens (including phenoxy) is 8. The van der Waals surface area contributed by atoms with Crippen molar-refractivity contribution in [3.63, 3.8) is 0 Å². The van der Waals surface area contributed by atoms with Gasteiger partial charge in [-0.3, -0.25) is 0 Å². The third-order valence-electron chi connectivity index (χ3n) is 10.6. The van der Waals surface area contributed by atoms with Crippen molar-refractivity contribution >= 4 is 11.9 Å². The van der Waals surface area contributed by atoms with Crippen LogP contribution in [0.3, 0.4) is 0 Å². The summed E-state index contributed by atoms with van der Waals surface area (Å²) in [7, 11) is 1.19. The van der Waals surface area contributed by atoms with Crippen LogP contribution in [0.2, 0.25) is 0 Å². The Balaban J connectivity index is 1.33. The Morgan fingerprint density at radius 2 is 1.33 bits per heavy atom. The van der Waals surface area contributed by atoms with Crippen molar-refractivity contribution in [1.82, 2.24) is 0 Å². The number of carbonyl (C=O) groups is 2. The molecule has 0 unspecified atom stereocenters. The number of esters is 2. The number of carbonyl (C=O) groups excluding carboxylic acids is 2. The van der Waals surface area contributed by atoms with Gasteiger partial charge >= 0.3 is 11.9 Å². The number of rotatable bonds is 12. The Bertz CT molecular complexity index is 1320. The van der Waals surface area contributed by atoms with E-state index in [-0.39, 0.29) is 30.6 Å². The highest BCUT2D eigenvalue weighted by Gasteiger charge is 2.55. The summed E-state index contributed by atoms with van der Waals surface area (Å²) in [6.45, 7) is 3.78. The molecule has 294 valence electrons. The van der Waals surface area contributed by atoms with Gasteiger partial charge in [-0.1, -0.05) is 13.0 Å². The molecule has 0 aromatic rings. The lowest BCUT2D eigenvalue weighted by Gasteiger charge is -2.43. The molecule has 2 saturated heterocycles. The average Bonchev–Trinajstić information content (AvgIpc) is 3.47. The lowest BCUT2D eigenvalue weighted by molar-refractivity contribution is -0.342. The van der Waals surface area contributed by atoms with Gasteiger partial charge in [0, 0.05) is 36.2 Å². The quantitative estimate of drug-likeness (QED) is 0.0684. The van der Waals surface area contributed by atoms with Gasteiger partial charge in [0.2, 0.25) is 12.6 Å². The fourth-order valence-corrected chi connectivity index (χ4v) is 7.55. The lowest BCUT2D eigenvalue weighted by atomic mass is 9.81. The first-order valence-corrected chi connectivity index (χ1v) is 17.0. The molecule has 4 heterocycles. The van der Waals surface area contributed by atoms with Gasteiger partial charge in [-0.2, -0.15) is 0 Å². The first-order valence-electron chi connectivity index (χ1n) is 17.0. The Labute approximate surface area is 298 Å². The maximum atomic E-state index is 13.8. The second kappa shape index (κ2) is 17.1. The molecule has 0 radical (unpaired) electrons. The Kier molecular flexibility index (Phi) is 13.3. The van der Waals surface area contributed by atoms with Crippen LogP contribution in [0.1, 0.15) is 19.8 Å². The van der Waals surface area contributed by atoms with Crippen LogP contribution in [0.4, 0.5) is 0 Å². The van der Waals surface area contributed by atoms with Crippen molar-refractivity contribution in [3.05, 3.63) is 36.3 Å². The molecule has 9 N–H and O–H groups in total. The van der Waals surface area contributed by atoms with Gasteiger partial charge in [0.25, 0.3) is 0 Å². The van der Waals surface area contributed by atoms with Gasteiger partial charge in [0.1, 0.15) is 54.9 Å². The zero-order chi connectivity index (χ0) is 38.0. The van der Waals surface area contributed by atoms with Gasteiger partial charge < -0.3 is 83.9 Å². The highest BCUT2D eigenvalue weighted by molar-refractivity contribution is 5.90. The highest BCUT2D eigenvalue weighted by Crippen LogP contribution is 2.49. The smallest absolute Gasteiger partial charge is 0.337 e. The van der Waals surface area contributed by atoms with Gasteiger partial charge in [0.15, 0.2) is 12.6 Å². The molecule has 0 amide bonds. The van der Waals surface area contributed by atoms with Crippen molar-refractivity contribution in [2.24, 2.45) is 29.6 Å². The number of fused-ring (bicyclic) bond motifs is 1. The zero-order valence-electron chi connectivity index (χ0n) is 28.5. The Morgan fingerprint density at radius 3 is 1.85 bits per heavy atom. The monoisotopic (exact) mass is 748 g/mol. The van der Waals surface area contributed by atoms with Crippen LogP contribution in [0, 0.1) is 29.6 Å². The molecule has 1 aliphatic carbocycles. The first-order chi connectivity index (χ1) is 24.8. The SMILES string of the molecule is C=C[C@@H]1[C@H](O[C@@H]2O[C@H](CO)[C@@H](O)[C@H](O)[C@@H]2O)OC=C(C(=O)O[C@H]2C[C@@H]3C(C(=O)OC)=CO[C@@H](O[C@@H]4O[C@@H](CO)[C@@H](O)[C@H](O)[C@@H]4O)[C@H]3[C@H]2C)[C@H]1CCO. The summed E-state index contributed by atoms with van der Waals surface area (Å²) in [4.78, 5) is 26.6. The summed E-state index contributed by atoms with van der Waals surface area (Å²) < 4.78 is 45.1. The van der Waals surface area contributed by atoms with E-state index in [2.05, 4.69) is 6.58 Å². The molecule has 19 nitrogen and oxygen atoms in total. The first kappa shape index (κ1) is 40.4. The molecule has 19 heteroatoms. The van der Waals surface area contributed by atoms with Crippen LogP contribution in [-0.2, 0) is 47.5 Å². The maximum absolute atomic E-state index is 13.8. The number of hydrogen-bond acceptors (Lipinski definition) is 19. The summed E-state index contributed by atoms with van der Waals surface area (Å²) in [5, 5.41) is 90.8. The fraction of sp³-hybridized carbons (Fsp3) is 0.758. The second-order valence-electron chi connectivity index (χ2n) is 13.5. The average molecular weight is 749 g/mol. The van der Waals surface area contributed by atoms with Gasteiger partial charge in [-0.25, -0.2) is 9.59 Å². The van der Waals surface area contributed by atoms with Crippen LogP contribution in [0.25, 0.3) is 0 Å². The van der Waals surface area contributed by atoms with Gasteiger partial charge in [-0.15, -0.1) is 6.58 Å². The summed E-state index contributed by atoms with van der Waals surface area (Å²) in [5.74, 6) is -5.09. The zero-order valence-corrected chi connectivity index (χ0v) is 28.5. The van der Waals surface area contributed by atoms with E-state index in [1.165, 1.54) is 13.2 Å². The van der Waals surface area contributed by atoms with Crippen LogP contribution < -0.4 is 0 Å². The summed E-state index contributed by atoms with van der Waals surface area (Å²) >= 11 is 0. The molecule has 0 spiro atoms. The molecular formula is C33H48O19. The molecule has 4 aliphatic heterocycles. The van der Waals surface area contributed by atoms with Crippen LogP contribution in [0.15, 0.2) is 36.3 Å². The number of methoxy groups -OCH3 is 1. The van der Waals surface area contributed by atoms with Crippen molar-refractivity contribution in [2.45, 2.75) is 99.9 Å². The Morgan fingerprint density at radius 1 is 0.788 bits per heavy atom. The highest BCUT2D eigenvalue weighted by atomic mass is 16.8. The fourth-order valence-electron chi connectivity index (χ4n) is 7.55. The lowest BCUT2D eigenvalue weighted by Crippen LogP contribution is -2.60. The van der Waals surface area contributed by atoms with Crippen LogP contribution >= 0.6 is 0 Å². The molecule has 3 fully saturated rings. The van der Waals surface area contributed by atoms with E-state index < -0.39 is 135 Å². The van der Waals surface area contributed by atoms with Crippen molar-refractivity contribution in [1.29, 1.82) is 0 Å². The van der Waals surface area contributed by atoms with E-state index in [1.807, 2.05) is 0 Å². The predicted octanol–water partition coefficient (Wildman–Crippen LogP) is -3.74. The van der Waals surface area contributed by atoms with Gasteiger partial charge in [-0.05, 0) is 12.8 Å². The Hall–Kier alpha value is -2.76. The number of aliphatic hydroxyl groups is 9. The predicted molar refractivity (Wildman–Crippen MR) is 167 cm³/mol. The van der Waals surface area contributed by atoms with Crippen molar-refractivity contribution in [2.75, 3.05) is 26.9 Å². The summed E-state index contributed by atoms with van der Waals surface area (Å²) in [5.41, 5.74) is 0.133. The normalized spacial score (nSPS) is 44.7. The van der Waals surface area contributed by atoms with Crippen molar-refractivity contribution in [3.8, 4) is 0 Å². The molecule has 5 rings (SSSR count). The van der Waals surface area contributed by atoms with E-state index in [9.17, 15) is 55.5 Å². The summed E-state index contributed by atoms with van der Waals surface area (Å²) in [6.07, 6.45) is -15.3. The topological polar surface area (TPSA) is 290 Å². The molecule has 0 aromatic heterocycles. The molecule has 0 bridgehead atoms. The number of hydrogen-bond donors (Lipinski definition) is 9. The molecular weight excluding hydrogens is 700 g/mol. The maximum Gasteiger partial charge on any atom is 0.337 e. The molecule has 5 aliphatic rings. The third-order valence-corrected chi connectivity index (χ3v) is 10.6. The third kappa shape index (κ3) is 7.74. The molecule has 52 heavy (non-hydrogen) atoms. The van der Waals surface area contributed by atoms with E-state index in [0.29, 0.717) is 0 Å². The molecule has 1 saturated carbocycles. The minimum Gasteiger partial charge on any atom is -0.472 e. The van der Waals surface area contributed by atoms with E-state index in [1.54, 1.807) is 6.92 Å². The minimum atomic E-state index is -1.73.